The summed E-state index contributed by atoms with van der Waals surface area (Å²) in [5.41, 5.74) is 1.76. The lowest BCUT2D eigenvalue weighted by Crippen LogP contribution is -2.41. The highest BCUT2D eigenvalue weighted by Gasteiger charge is 2.29. The number of anilines is 2. The van der Waals surface area contributed by atoms with Gasteiger partial charge in [0.2, 0.25) is 11.8 Å². The predicted molar refractivity (Wildman–Crippen MR) is 116 cm³/mol. The third-order valence-corrected chi connectivity index (χ3v) is 5.25. The number of halogens is 1. The van der Waals surface area contributed by atoms with E-state index in [1.807, 2.05) is 0 Å². The van der Waals surface area contributed by atoms with Crippen LogP contribution < -0.4 is 15.4 Å². The summed E-state index contributed by atoms with van der Waals surface area (Å²) in [4.78, 5) is 38.3. The fourth-order valence-electron chi connectivity index (χ4n) is 3.45. The van der Waals surface area contributed by atoms with Crippen molar-refractivity contribution in [1.29, 1.82) is 0 Å². The minimum atomic E-state index is -0.176. The average molecular weight is 430 g/mol. The highest BCUT2D eigenvalue weighted by molar-refractivity contribution is 6.31. The van der Waals surface area contributed by atoms with Crippen molar-refractivity contribution in [2.24, 2.45) is 5.92 Å². The zero-order valence-corrected chi connectivity index (χ0v) is 17.7. The van der Waals surface area contributed by atoms with Crippen LogP contribution in [-0.4, -0.2) is 42.8 Å². The molecule has 2 aromatic rings. The van der Waals surface area contributed by atoms with Crippen LogP contribution in [0.1, 0.15) is 30.1 Å². The summed E-state index contributed by atoms with van der Waals surface area (Å²) in [6, 6.07) is 11.9. The first-order valence-corrected chi connectivity index (χ1v) is 10.1. The number of benzene rings is 2. The van der Waals surface area contributed by atoms with Crippen molar-refractivity contribution in [3.05, 3.63) is 53.1 Å². The Labute approximate surface area is 180 Å². The molecule has 1 saturated heterocycles. The van der Waals surface area contributed by atoms with Crippen molar-refractivity contribution in [3.63, 3.8) is 0 Å². The number of amides is 3. The van der Waals surface area contributed by atoms with Gasteiger partial charge in [0.05, 0.1) is 12.7 Å². The molecule has 3 rings (SSSR count). The van der Waals surface area contributed by atoms with Gasteiger partial charge in [0, 0.05) is 42.3 Å². The van der Waals surface area contributed by atoms with Gasteiger partial charge in [0.1, 0.15) is 5.75 Å². The second-order valence-corrected chi connectivity index (χ2v) is 7.60. The molecule has 1 aliphatic heterocycles. The lowest BCUT2D eigenvalue weighted by atomic mass is 9.95. The first-order valence-electron chi connectivity index (χ1n) is 9.68. The van der Waals surface area contributed by atoms with Crippen molar-refractivity contribution >= 4 is 40.7 Å². The third kappa shape index (κ3) is 5.30. The summed E-state index contributed by atoms with van der Waals surface area (Å²) in [5, 5.41) is 6.05. The van der Waals surface area contributed by atoms with E-state index in [9.17, 15) is 14.4 Å². The number of piperidine rings is 1. The lowest BCUT2D eigenvalue weighted by Gasteiger charge is -2.31. The van der Waals surface area contributed by atoms with Gasteiger partial charge in [-0.1, -0.05) is 11.6 Å². The van der Waals surface area contributed by atoms with Crippen LogP contribution in [0.25, 0.3) is 0 Å². The minimum Gasteiger partial charge on any atom is -0.496 e. The molecule has 1 heterocycles. The molecule has 1 aliphatic rings. The minimum absolute atomic E-state index is 0.0743. The molecule has 0 spiro atoms. The molecular formula is C22H24ClN3O4. The Morgan fingerprint density at radius 3 is 2.17 bits per heavy atom. The Kier molecular flexibility index (Phi) is 6.95. The van der Waals surface area contributed by atoms with E-state index in [0.29, 0.717) is 53.6 Å². The zero-order valence-electron chi connectivity index (χ0n) is 16.9. The van der Waals surface area contributed by atoms with Crippen LogP contribution in [0.4, 0.5) is 11.4 Å². The molecule has 7 nitrogen and oxygen atoms in total. The van der Waals surface area contributed by atoms with E-state index >= 15 is 0 Å². The molecule has 0 bridgehead atoms. The maximum atomic E-state index is 12.9. The highest BCUT2D eigenvalue weighted by Crippen LogP contribution is 2.27. The zero-order chi connectivity index (χ0) is 21.7. The number of methoxy groups -OCH3 is 1. The second-order valence-electron chi connectivity index (χ2n) is 7.16. The summed E-state index contributed by atoms with van der Waals surface area (Å²) in [5.74, 6) is -0.0720. The summed E-state index contributed by atoms with van der Waals surface area (Å²) >= 11 is 6.03. The molecule has 30 heavy (non-hydrogen) atoms. The van der Waals surface area contributed by atoms with E-state index in [-0.39, 0.29) is 23.6 Å². The van der Waals surface area contributed by atoms with Crippen LogP contribution in [0.2, 0.25) is 5.02 Å². The normalized spacial score (nSPS) is 14.2. The maximum absolute atomic E-state index is 12.9. The van der Waals surface area contributed by atoms with Crippen LogP contribution >= 0.6 is 11.6 Å². The van der Waals surface area contributed by atoms with Crippen LogP contribution in [-0.2, 0) is 9.59 Å². The van der Waals surface area contributed by atoms with Crippen molar-refractivity contribution in [3.8, 4) is 5.75 Å². The molecule has 0 atom stereocenters. The molecule has 0 unspecified atom stereocenters. The standard InChI is InChI=1S/C22H24ClN3O4/c1-14(27)24-17-4-6-18(7-5-17)25-21(28)15-9-11-26(12-10-15)22(29)19-13-16(23)3-8-20(19)30-2/h3-8,13,15H,9-12H2,1-2H3,(H,24,27)(H,25,28). The Morgan fingerprint density at radius 1 is 1.00 bits per heavy atom. The predicted octanol–water partition coefficient (Wildman–Crippen LogP) is 3.80. The van der Waals surface area contributed by atoms with Crippen molar-refractivity contribution in [1.82, 2.24) is 4.90 Å². The van der Waals surface area contributed by atoms with Gasteiger partial charge in [-0.25, -0.2) is 0 Å². The van der Waals surface area contributed by atoms with Crippen LogP contribution in [0.5, 0.6) is 5.75 Å². The Hall–Kier alpha value is -3.06. The SMILES string of the molecule is COc1ccc(Cl)cc1C(=O)N1CCC(C(=O)Nc2ccc(NC(C)=O)cc2)CC1. The van der Waals surface area contributed by atoms with E-state index < -0.39 is 0 Å². The number of hydrogen-bond acceptors (Lipinski definition) is 4. The van der Waals surface area contributed by atoms with Crippen molar-refractivity contribution < 1.29 is 19.1 Å². The molecule has 0 aromatic heterocycles. The Bertz CT molecular complexity index is 938. The Morgan fingerprint density at radius 2 is 1.60 bits per heavy atom. The molecule has 2 aromatic carbocycles. The van der Waals surface area contributed by atoms with Gasteiger partial charge < -0.3 is 20.3 Å². The monoisotopic (exact) mass is 429 g/mol. The summed E-state index contributed by atoms with van der Waals surface area (Å²) in [7, 11) is 1.51. The smallest absolute Gasteiger partial charge is 0.257 e. The van der Waals surface area contributed by atoms with Gasteiger partial charge in [0.25, 0.3) is 5.91 Å². The highest BCUT2D eigenvalue weighted by atomic mass is 35.5. The molecule has 158 valence electrons. The molecule has 0 saturated carbocycles. The quantitative estimate of drug-likeness (QED) is 0.756. The number of rotatable bonds is 5. The summed E-state index contributed by atoms with van der Waals surface area (Å²) in [6.07, 6.45) is 1.15. The number of hydrogen-bond donors (Lipinski definition) is 2. The van der Waals surface area contributed by atoms with Gasteiger partial charge in [-0.05, 0) is 55.3 Å². The first-order chi connectivity index (χ1) is 14.4. The fourth-order valence-corrected chi connectivity index (χ4v) is 3.62. The molecule has 2 N–H and O–H groups in total. The average Bonchev–Trinajstić information content (AvgIpc) is 2.74. The van der Waals surface area contributed by atoms with Gasteiger partial charge in [-0.2, -0.15) is 0 Å². The number of nitrogens with zero attached hydrogens (tertiary/aromatic N) is 1. The van der Waals surface area contributed by atoms with Gasteiger partial charge in [-0.15, -0.1) is 0 Å². The van der Waals surface area contributed by atoms with Gasteiger partial charge in [0.15, 0.2) is 0 Å². The number of likely N-dealkylation sites (tertiary alicyclic amines) is 1. The van der Waals surface area contributed by atoms with Crippen LogP contribution in [0.15, 0.2) is 42.5 Å². The third-order valence-electron chi connectivity index (χ3n) is 5.02. The number of carbonyl (C=O) groups is 3. The number of ether oxygens (including phenoxy) is 1. The summed E-state index contributed by atoms with van der Waals surface area (Å²) in [6.45, 7) is 2.40. The molecule has 3 amide bonds. The van der Waals surface area contributed by atoms with Crippen LogP contribution in [0, 0.1) is 5.92 Å². The molecule has 8 heteroatoms. The second kappa shape index (κ2) is 9.63. The van der Waals surface area contributed by atoms with E-state index in [1.54, 1.807) is 47.4 Å². The molecular weight excluding hydrogens is 406 g/mol. The van der Waals surface area contributed by atoms with Crippen LogP contribution in [0.3, 0.4) is 0 Å². The summed E-state index contributed by atoms with van der Waals surface area (Å²) < 4.78 is 5.27. The van der Waals surface area contributed by atoms with E-state index in [4.69, 9.17) is 16.3 Å². The molecule has 0 aliphatic carbocycles. The van der Waals surface area contributed by atoms with Gasteiger partial charge in [-0.3, -0.25) is 14.4 Å². The fraction of sp³-hybridized carbons (Fsp3) is 0.318. The van der Waals surface area contributed by atoms with E-state index in [1.165, 1.54) is 14.0 Å². The number of nitrogens with one attached hydrogen (secondary N) is 2. The number of carbonyl (C=O) groups excluding carboxylic acids is 3. The van der Waals surface area contributed by atoms with E-state index in [2.05, 4.69) is 10.6 Å². The lowest BCUT2D eigenvalue weighted by molar-refractivity contribution is -0.121. The van der Waals surface area contributed by atoms with E-state index in [0.717, 1.165) is 0 Å². The first kappa shape index (κ1) is 21.6. The van der Waals surface area contributed by atoms with Gasteiger partial charge >= 0.3 is 0 Å². The van der Waals surface area contributed by atoms with Crippen molar-refractivity contribution in [2.45, 2.75) is 19.8 Å². The molecule has 0 radical (unpaired) electrons. The molecule has 1 fully saturated rings. The Balaban J connectivity index is 1.56. The maximum Gasteiger partial charge on any atom is 0.257 e. The topological polar surface area (TPSA) is 87.7 Å². The van der Waals surface area contributed by atoms with Crippen molar-refractivity contribution in [2.75, 3.05) is 30.8 Å². The largest absolute Gasteiger partial charge is 0.496 e.